The van der Waals surface area contributed by atoms with Gasteiger partial charge in [-0.3, -0.25) is 19.3 Å². The fourth-order valence-corrected chi connectivity index (χ4v) is 2.26. The van der Waals surface area contributed by atoms with Gasteiger partial charge in [0, 0.05) is 20.1 Å². The number of ether oxygens (including phenoxy) is 1. The van der Waals surface area contributed by atoms with Crippen LogP contribution in [0.1, 0.15) is 27.1 Å². The number of nitrogens with one attached hydrogen (secondary N) is 1. The van der Waals surface area contributed by atoms with Gasteiger partial charge in [-0.1, -0.05) is 12.1 Å². The minimum absolute atomic E-state index is 0.0830. The summed E-state index contributed by atoms with van der Waals surface area (Å²) in [6.07, 6.45) is 0.0830. The molecule has 1 aliphatic heterocycles. The predicted octanol–water partition coefficient (Wildman–Crippen LogP) is -0.112. The Hall–Kier alpha value is -2.74. The zero-order chi connectivity index (χ0) is 17.0. The minimum Gasteiger partial charge on any atom is -0.480 e. The lowest BCUT2D eigenvalue weighted by Gasteiger charge is -2.17. The number of carboxylic acids is 1. The standard InChI is InChI=1S/C15H16N2O6/c1-23-7-6-11(15(21)22)16-12(18)8-17-13(19)9-4-2-3-5-10(9)14(17)20/h2-5,11H,6-8H2,1H3,(H,16,18)(H,21,22). The maximum absolute atomic E-state index is 12.1. The molecule has 1 aromatic rings. The lowest BCUT2D eigenvalue weighted by atomic mass is 10.1. The Labute approximate surface area is 132 Å². The molecule has 2 N–H and O–H groups in total. The van der Waals surface area contributed by atoms with Crippen LogP contribution < -0.4 is 5.32 Å². The van der Waals surface area contributed by atoms with E-state index >= 15 is 0 Å². The third-order valence-electron chi connectivity index (χ3n) is 3.42. The lowest BCUT2D eigenvalue weighted by molar-refractivity contribution is -0.142. The Morgan fingerprint density at radius 3 is 2.26 bits per heavy atom. The van der Waals surface area contributed by atoms with Crippen LogP contribution >= 0.6 is 0 Å². The number of methoxy groups -OCH3 is 1. The summed E-state index contributed by atoms with van der Waals surface area (Å²) in [7, 11) is 1.42. The molecule has 122 valence electrons. The minimum atomic E-state index is -1.21. The van der Waals surface area contributed by atoms with E-state index in [1.807, 2.05) is 0 Å². The summed E-state index contributed by atoms with van der Waals surface area (Å²) in [4.78, 5) is 48.1. The number of hydrogen-bond acceptors (Lipinski definition) is 5. The fraction of sp³-hybridized carbons (Fsp3) is 0.333. The van der Waals surface area contributed by atoms with E-state index in [4.69, 9.17) is 9.84 Å². The molecule has 8 heteroatoms. The summed E-state index contributed by atoms with van der Waals surface area (Å²) >= 11 is 0. The van der Waals surface area contributed by atoms with E-state index in [1.165, 1.54) is 19.2 Å². The van der Waals surface area contributed by atoms with Crippen LogP contribution in [-0.4, -0.2) is 60.0 Å². The number of carbonyl (C=O) groups excluding carboxylic acids is 3. The van der Waals surface area contributed by atoms with Crippen molar-refractivity contribution in [3.63, 3.8) is 0 Å². The second-order valence-electron chi connectivity index (χ2n) is 4.98. The first-order chi connectivity index (χ1) is 11.0. The number of fused-ring (bicyclic) bond motifs is 1. The summed E-state index contributed by atoms with van der Waals surface area (Å²) in [5.41, 5.74) is 0.471. The van der Waals surface area contributed by atoms with Gasteiger partial charge in [0.2, 0.25) is 5.91 Å². The summed E-state index contributed by atoms with van der Waals surface area (Å²) in [5, 5.41) is 11.3. The quantitative estimate of drug-likeness (QED) is 0.678. The number of imide groups is 1. The average Bonchev–Trinajstić information content (AvgIpc) is 2.76. The van der Waals surface area contributed by atoms with Crippen molar-refractivity contribution in [3.05, 3.63) is 35.4 Å². The predicted molar refractivity (Wildman–Crippen MR) is 77.9 cm³/mol. The van der Waals surface area contributed by atoms with Crippen molar-refractivity contribution in [2.45, 2.75) is 12.5 Å². The molecular formula is C15H16N2O6. The van der Waals surface area contributed by atoms with E-state index in [2.05, 4.69) is 5.32 Å². The summed E-state index contributed by atoms with van der Waals surface area (Å²) in [5.74, 6) is -3.06. The molecule has 1 atom stereocenters. The number of rotatable bonds is 7. The third-order valence-corrected chi connectivity index (χ3v) is 3.42. The van der Waals surface area contributed by atoms with Crippen molar-refractivity contribution in [2.75, 3.05) is 20.3 Å². The average molecular weight is 320 g/mol. The zero-order valence-corrected chi connectivity index (χ0v) is 12.4. The Kier molecular flexibility index (Phi) is 5.07. The van der Waals surface area contributed by atoms with Crippen LogP contribution in [0.5, 0.6) is 0 Å². The van der Waals surface area contributed by atoms with E-state index in [9.17, 15) is 19.2 Å². The molecule has 0 radical (unpaired) electrons. The number of hydrogen-bond donors (Lipinski definition) is 2. The van der Waals surface area contributed by atoms with Crippen molar-refractivity contribution in [1.29, 1.82) is 0 Å². The highest BCUT2D eigenvalue weighted by Crippen LogP contribution is 2.21. The second kappa shape index (κ2) is 7.01. The molecule has 0 fully saturated rings. The highest BCUT2D eigenvalue weighted by molar-refractivity contribution is 6.22. The molecule has 1 heterocycles. The number of benzene rings is 1. The van der Waals surface area contributed by atoms with Gasteiger partial charge in [-0.25, -0.2) is 4.79 Å². The molecule has 1 unspecified atom stereocenters. The van der Waals surface area contributed by atoms with Crippen LogP contribution in [0.3, 0.4) is 0 Å². The Bertz CT molecular complexity index is 622. The maximum atomic E-state index is 12.1. The van der Waals surface area contributed by atoms with Crippen LogP contribution in [0.25, 0.3) is 0 Å². The second-order valence-corrected chi connectivity index (χ2v) is 4.98. The molecule has 23 heavy (non-hydrogen) atoms. The van der Waals surface area contributed by atoms with E-state index in [1.54, 1.807) is 12.1 Å². The van der Waals surface area contributed by atoms with E-state index in [0.717, 1.165) is 4.90 Å². The highest BCUT2D eigenvalue weighted by atomic mass is 16.5. The molecule has 3 amide bonds. The van der Waals surface area contributed by atoms with Crippen LogP contribution in [0.15, 0.2) is 24.3 Å². The number of aliphatic carboxylic acids is 1. The van der Waals surface area contributed by atoms with E-state index < -0.39 is 36.3 Å². The molecule has 2 rings (SSSR count). The van der Waals surface area contributed by atoms with Crippen molar-refractivity contribution in [2.24, 2.45) is 0 Å². The van der Waals surface area contributed by atoms with Gasteiger partial charge in [0.25, 0.3) is 11.8 Å². The number of carbonyl (C=O) groups is 4. The first kappa shape index (κ1) is 16.6. The Morgan fingerprint density at radius 1 is 1.22 bits per heavy atom. The number of amides is 3. The van der Waals surface area contributed by atoms with Gasteiger partial charge >= 0.3 is 5.97 Å². The molecular weight excluding hydrogens is 304 g/mol. The highest BCUT2D eigenvalue weighted by Gasteiger charge is 2.36. The van der Waals surface area contributed by atoms with Gasteiger partial charge in [-0.15, -0.1) is 0 Å². The number of nitrogens with zero attached hydrogens (tertiary/aromatic N) is 1. The topological polar surface area (TPSA) is 113 Å². The molecule has 0 aromatic heterocycles. The molecule has 0 spiro atoms. The van der Waals surface area contributed by atoms with E-state index in [-0.39, 0.29) is 24.2 Å². The van der Waals surface area contributed by atoms with Gasteiger partial charge in [0.1, 0.15) is 12.6 Å². The van der Waals surface area contributed by atoms with Crippen LogP contribution in [0.4, 0.5) is 0 Å². The van der Waals surface area contributed by atoms with Gasteiger partial charge in [-0.05, 0) is 12.1 Å². The van der Waals surface area contributed by atoms with Crippen molar-refractivity contribution < 1.29 is 29.0 Å². The Balaban J connectivity index is 2.02. The smallest absolute Gasteiger partial charge is 0.326 e. The summed E-state index contributed by atoms with van der Waals surface area (Å²) < 4.78 is 4.78. The van der Waals surface area contributed by atoms with Gasteiger partial charge in [0.05, 0.1) is 11.1 Å². The van der Waals surface area contributed by atoms with Gasteiger partial charge in [0.15, 0.2) is 0 Å². The molecule has 1 aromatic carbocycles. The largest absolute Gasteiger partial charge is 0.480 e. The van der Waals surface area contributed by atoms with Gasteiger partial charge in [-0.2, -0.15) is 0 Å². The number of carboxylic acid groups (broad SMARTS) is 1. The van der Waals surface area contributed by atoms with Crippen molar-refractivity contribution >= 4 is 23.7 Å². The molecule has 1 aliphatic rings. The molecule has 0 saturated heterocycles. The monoisotopic (exact) mass is 320 g/mol. The molecule has 8 nitrogen and oxygen atoms in total. The van der Waals surface area contributed by atoms with Crippen LogP contribution in [0, 0.1) is 0 Å². The zero-order valence-electron chi connectivity index (χ0n) is 12.4. The molecule has 0 saturated carbocycles. The van der Waals surface area contributed by atoms with Gasteiger partial charge < -0.3 is 15.2 Å². The normalized spacial score (nSPS) is 14.6. The fourth-order valence-electron chi connectivity index (χ4n) is 2.26. The van der Waals surface area contributed by atoms with Crippen molar-refractivity contribution in [3.8, 4) is 0 Å². The summed E-state index contributed by atoms with van der Waals surface area (Å²) in [6.45, 7) is -0.368. The van der Waals surface area contributed by atoms with Crippen LogP contribution in [0.2, 0.25) is 0 Å². The third kappa shape index (κ3) is 3.54. The Morgan fingerprint density at radius 2 is 1.78 bits per heavy atom. The summed E-state index contributed by atoms with van der Waals surface area (Å²) in [6, 6.07) is 5.12. The van der Waals surface area contributed by atoms with E-state index in [0.29, 0.717) is 0 Å². The maximum Gasteiger partial charge on any atom is 0.326 e. The lowest BCUT2D eigenvalue weighted by Crippen LogP contribution is -2.47. The first-order valence-electron chi connectivity index (χ1n) is 6.92. The molecule has 0 bridgehead atoms. The first-order valence-corrected chi connectivity index (χ1v) is 6.92. The van der Waals surface area contributed by atoms with Crippen LogP contribution in [-0.2, 0) is 14.3 Å². The molecule has 0 aliphatic carbocycles. The van der Waals surface area contributed by atoms with Crippen molar-refractivity contribution in [1.82, 2.24) is 10.2 Å². The SMILES string of the molecule is COCCC(NC(=O)CN1C(=O)c2ccccc2C1=O)C(=O)O.